The van der Waals surface area contributed by atoms with Crippen molar-refractivity contribution in [2.24, 2.45) is 0 Å². The molecule has 5 nitrogen and oxygen atoms in total. The van der Waals surface area contributed by atoms with Crippen LogP contribution in [0.15, 0.2) is 29.8 Å². The smallest absolute Gasteiger partial charge is 0.305 e. The maximum Gasteiger partial charge on any atom is 0.305 e. The Bertz CT molecular complexity index is 542. The maximum absolute atomic E-state index is 11.1. The highest BCUT2D eigenvalue weighted by Gasteiger charge is 2.05. The van der Waals surface area contributed by atoms with Crippen LogP contribution >= 0.6 is 11.3 Å². The van der Waals surface area contributed by atoms with Gasteiger partial charge in [0.2, 0.25) is 0 Å². The molecule has 0 aliphatic rings. The molecule has 1 N–H and O–H groups in total. The molecule has 0 bridgehead atoms. The van der Waals surface area contributed by atoms with Crippen molar-refractivity contribution in [3.8, 4) is 0 Å². The van der Waals surface area contributed by atoms with E-state index in [-0.39, 0.29) is 5.97 Å². The number of pyridine rings is 1. The van der Waals surface area contributed by atoms with Gasteiger partial charge in [0.1, 0.15) is 0 Å². The summed E-state index contributed by atoms with van der Waals surface area (Å²) in [5, 5.41) is 6.11. The van der Waals surface area contributed by atoms with E-state index in [0.29, 0.717) is 12.8 Å². The highest BCUT2D eigenvalue weighted by atomic mass is 32.1. The van der Waals surface area contributed by atoms with Crippen LogP contribution in [0, 0.1) is 0 Å². The lowest BCUT2D eigenvalue weighted by molar-refractivity contribution is -0.140. The molecule has 2 aromatic heterocycles. The number of methoxy groups -OCH3 is 1. The number of aryl methyl sites for hydroxylation is 1. The lowest BCUT2D eigenvalue weighted by Gasteiger charge is -2.01. The Labute approximate surface area is 122 Å². The van der Waals surface area contributed by atoms with Gasteiger partial charge in [-0.25, -0.2) is 4.98 Å². The number of carbonyl (C=O) groups is 1. The van der Waals surface area contributed by atoms with E-state index in [4.69, 9.17) is 0 Å². The minimum atomic E-state index is -0.206. The van der Waals surface area contributed by atoms with Crippen molar-refractivity contribution in [1.29, 1.82) is 0 Å². The Balaban J connectivity index is 1.74. The molecule has 106 valence electrons. The highest BCUT2D eigenvalue weighted by Crippen LogP contribution is 2.16. The first-order valence-electron chi connectivity index (χ1n) is 6.43. The number of hydrogen-bond acceptors (Lipinski definition) is 6. The zero-order valence-electron chi connectivity index (χ0n) is 11.3. The van der Waals surface area contributed by atoms with Gasteiger partial charge in [0.25, 0.3) is 0 Å². The van der Waals surface area contributed by atoms with Gasteiger partial charge in [0.05, 0.1) is 19.2 Å². The first-order chi connectivity index (χ1) is 9.78. The molecule has 0 saturated carbocycles. The number of nitrogens with zero attached hydrogens (tertiary/aromatic N) is 2. The van der Waals surface area contributed by atoms with E-state index in [0.717, 1.165) is 29.5 Å². The number of esters is 1. The van der Waals surface area contributed by atoms with Crippen molar-refractivity contribution in [3.05, 3.63) is 41.2 Å². The normalized spacial score (nSPS) is 10.2. The summed E-state index contributed by atoms with van der Waals surface area (Å²) in [4.78, 5) is 19.7. The van der Waals surface area contributed by atoms with E-state index >= 15 is 0 Å². The molecule has 6 heteroatoms. The van der Waals surface area contributed by atoms with Crippen molar-refractivity contribution in [2.45, 2.75) is 19.3 Å². The summed E-state index contributed by atoms with van der Waals surface area (Å²) in [6, 6.07) is 5.90. The summed E-state index contributed by atoms with van der Waals surface area (Å²) in [5.74, 6) is -0.206. The number of nitrogens with one attached hydrogen (secondary N) is 1. The van der Waals surface area contributed by atoms with Gasteiger partial charge in [-0.2, -0.15) is 0 Å². The van der Waals surface area contributed by atoms with E-state index in [2.05, 4.69) is 20.0 Å². The van der Waals surface area contributed by atoms with Gasteiger partial charge < -0.3 is 10.1 Å². The van der Waals surface area contributed by atoms with Crippen LogP contribution in [0.5, 0.6) is 0 Å². The van der Waals surface area contributed by atoms with Crippen molar-refractivity contribution in [2.75, 3.05) is 19.0 Å². The van der Waals surface area contributed by atoms with Crippen LogP contribution < -0.4 is 5.32 Å². The molecular formula is C14H17N3O2S. The van der Waals surface area contributed by atoms with E-state index in [9.17, 15) is 4.79 Å². The number of hydrogen-bond donors (Lipinski definition) is 1. The highest BCUT2D eigenvalue weighted by molar-refractivity contribution is 7.13. The van der Waals surface area contributed by atoms with Crippen LogP contribution in [-0.2, 0) is 22.4 Å². The first-order valence-corrected chi connectivity index (χ1v) is 7.31. The van der Waals surface area contributed by atoms with Gasteiger partial charge >= 0.3 is 5.97 Å². The molecule has 0 amide bonds. The standard InChI is InChI=1S/C14H17N3O2S/c1-19-13(18)6-5-12-10-20-14(17-12)16-9-7-11-4-2-3-8-15-11/h2-4,8,10H,5-7,9H2,1H3,(H,16,17). The average Bonchev–Trinajstić information content (AvgIpc) is 2.94. The largest absolute Gasteiger partial charge is 0.469 e. The number of aromatic nitrogens is 2. The van der Waals surface area contributed by atoms with E-state index < -0.39 is 0 Å². The Morgan fingerprint density at radius 1 is 1.35 bits per heavy atom. The Morgan fingerprint density at radius 2 is 2.25 bits per heavy atom. The molecule has 2 heterocycles. The summed E-state index contributed by atoms with van der Waals surface area (Å²) in [6.45, 7) is 0.793. The molecule has 2 rings (SSSR count). The fraction of sp³-hybridized carbons (Fsp3) is 0.357. The van der Waals surface area contributed by atoms with Crippen molar-refractivity contribution < 1.29 is 9.53 Å². The molecule has 0 radical (unpaired) electrons. The number of anilines is 1. The monoisotopic (exact) mass is 291 g/mol. The second-order valence-electron chi connectivity index (χ2n) is 4.22. The molecule has 0 aromatic carbocycles. The minimum absolute atomic E-state index is 0.206. The number of rotatable bonds is 7. The van der Waals surface area contributed by atoms with Gasteiger partial charge in [-0.05, 0) is 12.1 Å². The van der Waals surface area contributed by atoms with Crippen molar-refractivity contribution in [1.82, 2.24) is 9.97 Å². The Kier molecular flexibility index (Phi) is 5.49. The van der Waals surface area contributed by atoms with E-state index in [1.54, 1.807) is 17.5 Å². The minimum Gasteiger partial charge on any atom is -0.469 e. The lowest BCUT2D eigenvalue weighted by Crippen LogP contribution is -2.06. The maximum atomic E-state index is 11.1. The average molecular weight is 291 g/mol. The fourth-order valence-electron chi connectivity index (χ4n) is 1.68. The van der Waals surface area contributed by atoms with Gasteiger partial charge in [-0.15, -0.1) is 11.3 Å². The van der Waals surface area contributed by atoms with Gasteiger partial charge in [0.15, 0.2) is 5.13 Å². The van der Waals surface area contributed by atoms with E-state index in [1.165, 1.54) is 7.11 Å². The Hall–Kier alpha value is -1.95. The molecule has 0 spiro atoms. The zero-order valence-corrected chi connectivity index (χ0v) is 12.2. The summed E-state index contributed by atoms with van der Waals surface area (Å²) in [6.07, 6.45) is 3.64. The van der Waals surface area contributed by atoms with Gasteiger partial charge in [-0.3, -0.25) is 9.78 Å². The van der Waals surface area contributed by atoms with Crippen molar-refractivity contribution in [3.63, 3.8) is 0 Å². The number of ether oxygens (including phenoxy) is 1. The van der Waals surface area contributed by atoms with Crippen LogP contribution in [-0.4, -0.2) is 29.6 Å². The predicted molar refractivity (Wildman–Crippen MR) is 78.9 cm³/mol. The Morgan fingerprint density at radius 3 is 3.00 bits per heavy atom. The molecule has 0 aliphatic carbocycles. The number of carbonyl (C=O) groups excluding carboxylic acids is 1. The number of thiazole rings is 1. The third kappa shape index (κ3) is 4.62. The summed E-state index contributed by atoms with van der Waals surface area (Å²) >= 11 is 1.55. The zero-order chi connectivity index (χ0) is 14.2. The summed E-state index contributed by atoms with van der Waals surface area (Å²) < 4.78 is 4.61. The second-order valence-corrected chi connectivity index (χ2v) is 5.08. The van der Waals surface area contributed by atoms with Crippen LogP contribution in [0.1, 0.15) is 17.8 Å². The topological polar surface area (TPSA) is 64.1 Å². The van der Waals surface area contributed by atoms with Crippen molar-refractivity contribution >= 4 is 22.4 Å². The molecular weight excluding hydrogens is 274 g/mol. The molecule has 0 fully saturated rings. The second kappa shape index (κ2) is 7.59. The van der Waals surface area contributed by atoms with Crippen LogP contribution in [0.2, 0.25) is 0 Å². The van der Waals surface area contributed by atoms with Gasteiger partial charge in [0, 0.05) is 36.7 Å². The first kappa shape index (κ1) is 14.5. The quantitative estimate of drug-likeness (QED) is 0.793. The molecule has 0 atom stereocenters. The third-order valence-electron chi connectivity index (χ3n) is 2.75. The lowest BCUT2D eigenvalue weighted by atomic mass is 10.2. The fourth-order valence-corrected chi connectivity index (χ4v) is 2.45. The molecule has 0 saturated heterocycles. The van der Waals surface area contributed by atoms with Gasteiger partial charge in [-0.1, -0.05) is 6.07 Å². The molecule has 2 aromatic rings. The van der Waals surface area contributed by atoms with Crippen LogP contribution in [0.3, 0.4) is 0 Å². The predicted octanol–water partition coefficient (Wildman–Crippen LogP) is 2.30. The molecule has 20 heavy (non-hydrogen) atoms. The van der Waals surface area contributed by atoms with Crippen LogP contribution in [0.25, 0.3) is 0 Å². The molecule has 0 unspecified atom stereocenters. The summed E-state index contributed by atoms with van der Waals surface area (Å²) in [5.41, 5.74) is 1.98. The summed E-state index contributed by atoms with van der Waals surface area (Å²) in [7, 11) is 1.40. The third-order valence-corrected chi connectivity index (χ3v) is 3.60. The van der Waals surface area contributed by atoms with Crippen LogP contribution in [0.4, 0.5) is 5.13 Å². The van der Waals surface area contributed by atoms with E-state index in [1.807, 2.05) is 23.6 Å². The SMILES string of the molecule is COC(=O)CCc1csc(NCCc2ccccn2)n1. The molecule has 0 aliphatic heterocycles.